The SMILES string of the molecule is CC(C)n1ccc(COC(=O)c2ccc(Br)c(N)c2)n1. The van der Waals surface area contributed by atoms with Crippen molar-refractivity contribution in [2.24, 2.45) is 0 Å². The molecule has 1 heterocycles. The summed E-state index contributed by atoms with van der Waals surface area (Å²) in [7, 11) is 0. The number of anilines is 1. The van der Waals surface area contributed by atoms with E-state index in [2.05, 4.69) is 21.0 Å². The average Bonchev–Trinajstić information content (AvgIpc) is 2.88. The molecular weight excluding hydrogens is 322 g/mol. The largest absolute Gasteiger partial charge is 0.456 e. The molecule has 0 spiro atoms. The molecule has 1 aromatic heterocycles. The van der Waals surface area contributed by atoms with Crippen molar-refractivity contribution >= 4 is 27.6 Å². The number of nitrogens with two attached hydrogens (primary N) is 1. The Morgan fingerprint density at radius 3 is 2.80 bits per heavy atom. The van der Waals surface area contributed by atoms with E-state index < -0.39 is 5.97 Å². The third-order valence-corrected chi connectivity index (χ3v) is 3.50. The van der Waals surface area contributed by atoms with Crippen LogP contribution < -0.4 is 5.73 Å². The number of nitrogen functional groups attached to an aromatic ring is 1. The second-order valence-corrected chi connectivity index (χ2v) is 5.55. The highest BCUT2D eigenvalue weighted by Gasteiger charge is 2.10. The summed E-state index contributed by atoms with van der Waals surface area (Å²) in [6.45, 7) is 4.22. The number of hydrogen-bond donors (Lipinski definition) is 1. The van der Waals surface area contributed by atoms with E-state index >= 15 is 0 Å². The summed E-state index contributed by atoms with van der Waals surface area (Å²) < 4.78 is 7.79. The Kier molecular flexibility index (Phi) is 4.44. The van der Waals surface area contributed by atoms with E-state index in [9.17, 15) is 4.79 Å². The van der Waals surface area contributed by atoms with Gasteiger partial charge in [-0.15, -0.1) is 0 Å². The van der Waals surface area contributed by atoms with E-state index in [0.29, 0.717) is 11.3 Å². The van der Waals surface area contributed by atoms with Crippen molar-refractivity contribution in [1.82, 2.24) is 9.78 Å². The van der Waals surface area contributed by atoms with Crippen LogP contribution >= 0.6 is 15.9 Å². The maximum Gasteiger partial charge on any atom is 0.338 e. The van der Waals surface area contributed by atoms with Crippen LogP contribution in [0.1, 0.15) is 35.9 Å². The third-order valence-electron chi connectivity index (χ3n) is 2.78. The quantitative estimate of drug-likeness (QED) is 0.687. The van der Waals surface area contributed by atoms with Crippen molar-refractivity contribution in [1.29, 1.82) is 0 Å². The molecule has 2 rings (SSSR count). The van der Waals surface area contributed by atoms with Gasteiger partial charge in [0.1, 0.15) is 6.61 Å². The molecule has 0 radical (unpaired) electrons. The van der Waals surface area contributed by atoms with E-state index in [4.69, 9.17) is 10.5 Å². The van der Waals surface area contributed by atoms with Crippen molar-refractivity contribution < 1.29 is 9.53 Å². The maximum absolute atomic E-state index is 11.9. The molecule has 0 saturated carbocycles. The number of carbonyl (C=O) groups excluding carboxylic acids is 1. The van der Waals surface area contributed by atoms with Gasteiger partial charge in [0.05, 0.1) is 11.3 Å². The highest BCUT2D eigenvalue weighted by Crippen LogP contribution is 2.20. The molecule has 106 valence electrons. The van der Waals surface area contributed by atoms with E-state index in [1.165, 1.54) is 0 Å². The zero-order valence-electron chi connectivity index (χ0n) is 11.3. The normalized spacial score (nSPS) is 10.8. The van der Waals surface area contributed by atoms with Crippen molar-refractivity contribution in [2.45, 2.75) is 26.5 Å². The predicted octanol–water partition coefficient (Wildman–Crippen LogP) is 3.17. The number of hydrogen-bond acceptors (Lipinski definition) is 4. The Bertz CT molecular complexity index is 623. The van der Waals surface area contributed by atoms with Crippen LogP contribution in [0.5, 0.6) is 0 Å². The highest BCUT2D eigenvalue weighted by atomic mass is 79.9. The molecule has 1 aromatic carbocycles. The van der Waals surface area contributed by atoms with Gasteiger partial charge in [0.15, 0.2) is 0 Å². The molecule has 0 amide bonds. The van der Waals surface area contributed by atoms with Crippen LogP contribution in [0.25, 0.3) is 0 Å². The Balaban J connectivity index is 1.99. The minimum atomic E-state index is -0.414. The first kappa shape index (κ1) is 14.6. The summed E-state index contributed by atoms with van der Waals surface area (Å²) in [5.41, 5.74) is 7.38. The van der Waals surface area contributed by atoms with Gasteiger partial charge in [0, 0.05) is 22.4 Å². The number of carbonyl (C=O) groups is 1. The number of aromatic nitrogens is 2. The minimum absolute atomic E-state index is 0.147. The molecule has 20 heavy (non-hydrogen) atoms. The van der Waals surface area contributed by atoms with Gasteiger partial charge in [-0.05, 0) is 54.0 Å². The van der Waals surface area contributed by atoms with E-state index in [1.807, 2.05) is 30.8 Å². The number of benzene rings is 1. The summed E-state index contributed by atoms with van der Waals surface area (Å²) in [5.74, 6) is -0.414. The number of rotatable bonds is 4. The van der Waals surface area contributed by atoms with Crippen LogP contribution in [0.3, 0.4) is 0 Å². The third kappa shape index (κ3) is 3.39. The van der Waals surface area contributed by atoms with Crippen LogP contribution in [-0.4, -0.2) is 15.7 Å². The van der Waals surface area contributed by atoms with Crippen LogP contribution in [0.2, 0.25) is 0 Å². The van der Waals surface area contributed by atoms with E-state index in [1.54, 1.807) is 18.2 Å². The van der Waals surface area contributed by atoms with Crippen molar-refractivity contribution in [3.63, 3.8) is 0 Å². The molecule has 0 atom stereocenters. The monoisotopic (exact) mass is 337 g/mol. The second kappa shape index (κ2) is 6.09. The molecule has 6 heteroatoms. The van der Waals surface area contributed by atoms with Gasteiger partial charge in [-0.2, -0.15) is 5.10 Å². The van der Waals surface area contributed by atoms with E-state index in [0.717, 1.165) is 10.2 Å². The van der Waals surface area contributed by atoms with E-state index in [-0.39, 0.29) is 12.6 Å². The van der Waals surface area contributed by atoms with Gasteiger partial charge in [-0.1, -0.05) is 0 Å². The highest BCUT2D eigenvalue weighted by molar-refractivity contribution is 9.10. The summed E-state index contributed by atoms with van der Waals surface area (Å²) in [5, 5.41) is 4.31. The number of halogens is 1. The lowest BCUT2D eigenvalue weighted by Crippen LogP contribution is -2.07. The standard InChI is InChI=1S/C14H16BrN3O2/c1-9(2)18-6-5-11(17-18)8-20-14(19)10-3-4-12(15)13(16)7-10/h3-7,9H,8,16H2,1-2H3. The first-order valence-electron chi connectivity index (χ1n) is 6.23. The fourth-order valence-electron chi connectivity index (χ4n) is 1.64. The lowest BCUT2D eigenvalue weighted by Gasteiger charge is -2.06. The van der Waals surface area contributed by atoms with Crippen molar-refractivity contribution in [3.8, 4) is 0 Å². The Morgan fingerprint density at radius 2 is 2.20 bits per heavy atom. The van der Waals surface area contributed by atoms with Crippen molar-refractivity contribution in [3.05, 3.63) is 46.2 Å². The van der Waals surface area contributed by atoms with Gasteiger partial charge < -0.3 is 10.5 Å². The first-order valence-corrected chi connectivity index (χ1v) is 7.03. The molecule has 0 unspecified atom stereocenters. The van der Waals surface area contributed by atoms with Crippen LogP contribution in [0.15, 0.2) is 34.9 Å². The Labute approximate surface area is 125 Å². The molecule has 0 fully saturated rings. The molecule has 0 saturated heterocycles. The number of ether oxygens (including phenoxy) is 1. The van der Waals surface area contributed by atoms with Crippen LogP contribution in [0.4, 0.5) is 5.69 Å². The molecular formula is C14H16BrN3O2. The molecule has 0 aliphatic heterocycles. The minimum Gasteiger partial charge on any atom is -0.456 e. The fourth-order valence-corrected chi connectivity index (χ4v) is 1.88. The zero-order valence-corrected chi connectivity index (χ0v) is 12.9. The summed E-state index contributed by atoms with van der Waals surface area (Å²) in [6.07, 6.45) is 1.87. The van der Waals surface area contributed by atoms with Gasteiger partial charge in [0.2, 0.25) is 0 Å². The van der Waals surface area contributed by atoms with Gasteiger partial charge in [-0.25, -0.2) is 4.79 Å². The predicted molar refractivity (Wildman–Crippen MR) is 80.3 cm³/mol. The van der Waals surface area contributed by atoms with Crippen LogP contribution in [0, 0.1) is 0 Å². The molecule has 5 nitrogen and oxygen atoms in total. The molecule has 0 aliphatic carbocycles. The lowest BCUT2D eigenvalue weighted by molar-refractivity contribution is 0.0467. The van der Waals surface area contributed by atoms with Gasteiger partial charge in [0.25, 0.3) is 0 Å². The fraction of sp³-hybridized carbons (Fsp3) is 0.286. The van der Waals surface area contributed by atoms with Crippen LogP contribution in [-0.2, 0) is 11.3 Å². The van der Waals surface area contributed by atoms with Gasteiger partial charge >= 0.3 is 5.97 Å². The summed E-state index contributed by atoms with van der Waals surface area (Å²) in [6, 6.07) is 7.09. The maximum atomic E-state index is 11.9. The number of nitrogens with zero attached hydrogens (tertiary/aromatic N) is 2. The summed E-state index contributed by atoms with van der Waals surface area (Å²) in [4.78, 5) is 11.9. The zero-order chi connectivity index (χ0) is 14.7. The average molecular weight is 338 g/mol. The smallest absolute Gasteiger partial charge is 0.338 e. The summed E-state index contributed by atoms with van der Waals surface area (Å²) >= 11 is 3.28. The second-order valence-electron chi connectivity index (χ2n) is 4.69. The molecule has 0 aliphatic rings. The Hall–Kier alpha value is -1.82. The molecule has 2 N–H and O–H groups in total. The first-order chi connectivity index (χ1) is 9.47. The molecule has 0 bridgehead atoms. The topological polar surface area (TPSA) is 70.1 Å². The Morgan fingerprint density at radius 1 is 1.45 bits per heavy atom. The van der Waals surface area contributed by atoms with Crippen molar-refractivity contribution in [2.75, 3.05) is 5.73 Å². The lowest BCUT2D eigenvalue weighted by atomic mass is 10.2. The molecule has 2 aromatic rings. The van der Waals surface area contributed by atoms with Gasteiger partial charge in [-0.3, -0.25) is 4.68 Å². The number of esters is 1.